The molecule has 1 aromatic heterocycles. The fraction of sp³-hybridized carbons (Fsp3) is 0.778. The van der Waals surface area contributed by atoms with E-state index in [1.807, 2.05) is 4.90 Å². The molecule has 0 amide bonds. The van der Waals surface area contributed by atoms with Gasteiger partial charge in [0.25, 0.3) is 0 Å². The Morgan fingerprint density at radius 2 is 2.24 bits per heavy atom. The number of nitrogens with two attached hydrogens (primary N) is 1. The van der Waals surface area contributed by atoms with Crippen LogP contribution in [0, 0.1) is 6.92 Å². The van der Waals surface area contributed by atoms with Crippen LogP contribution in [0.25, 0.3) is 0 Å². The first-order chi connectivity index (χ1) is 7.19. The Labute approximate surface area is 112 Å². The van der Waals surface area contributed by atoms with E-state index in [0.29, 0.717) is 37.8 Å². The summed E-state index contributed by atoms with van der Waals surface area (Å²) in [6.45, 7) is 3.13. The topological polar surface area (TPSA) is 68.2 Å². The van der Waals surface area contributed by atoms with Gasteiger partial charge in [0.15, 0.2) is 5.82 Å². The third-order valence-corrected chi connectivity index (χ3v) is 2.66. The second-order valence-corrected chi connectivity index (χ2v) is 3.88. The van der Waals surface area contributed by atoms with Crippen molar-refractivity contribution < 1.29 is 8.91 Å². The fourth-order valence-electron chi connectivity index (χ4n) is 1.95. The minimum absolute atomic E-state index is 0. The lowest BCUT2D eigenvalue weighted by molar-refractivity contribution is 0.229. The van der Waals surface area contributed by atoms with E-state index in [1.54, 1.807) is 6.92 Å². The van der Waals surface area contributed by atoms with Gasteiger partial charge in [-0.1, -0.05) is 5.16 Å². The summed E-state index contributed by atoms with van der Waals surface area (Å²) in [7, 11) is 0. The summed E-state index contributed by atoms with van der Waals surface area (Å²) in [4.78, 5) is 6.05. The molecule has 100 valence electrons. The normalized spacial score (nSPS) is 24.2. The standard InChI is InChI=1S/C9H15FN4O.2ClH/c1-6-12-9(13-15-6)5-14-4-7(10)2-8(14)3-11;;/h7-8H,2-5,11H2,1H3;2*1H. The van der Waals surface area contributed by atoms with Gasteiger partial charge in [0.2, 0.25) is 5.89 Å². The highest BCUT2D eigenvalue weighted by atomic mass is 35.5. The molecule has 17 heavy (non-hydrogen) atoms. The molecule has 0 aliphatic carbocycles. The van der Waals surface area contributed by atoms with Crippen LogP contribution in [0.15, 0.2) is 4.52 Å². The number of rotatable bonds is 3. The molecule has 1 aromatic rings. The highest BCUT2D eigenvalue weighted by Gasteiger charge is 2.31. The number of likely N-dealkylation sites (tertiary alicyclic amines) is 1. The maximum Gasteiger partial charge on any atom is 0.223 e. The molecule has 1 fully saturated rings. The first kappa shape index (κ1) is 16.6. The highest BCUT2D eigenvalue weighted by molar-refractivity contribution is 5.85. The number of hydrogen-bond acceptors (Lipinski definition) is 5. The van der Waals surface area contributed by atoms with Gasteiger partial charge in [-0.3, -0.25) is 4.90 Å². The molecule has 0 radical (unpaired) electrons. The minimum Gasteiger partial charge on any atom is -0.340 e. The van der Waals surface area contributed by atoms with Crippen LogP contribution in [0.5, 0.6) is 0 Å². The molecule has 2 unspecified atom stereocenters. The molecule has 5 nitrogen and oxygen atoms in total. The van der Waals surface area contributed by atoms with E-state index in [-0.39, 0.29) is 30.9 Å². The Morgan fingerprint density at radius 3 is 2.76 bits per heavy atom. The van der Waals surface area contributed by atoms with E-state index in [0.717, 1.165) is 0 Å². The van der Waals surface area contributed by atoms with Gasteiger partial charge >= 0.3 is 0 Å². The SMILES string of the molecule is Cc1nc(CN2CC(F)CC2CN)no1.Cl.Cl. The minimum atomic E-state index is -0.786. The van der Waals surface area contributed by atoms with Crippen LogP contribution in [-0.2, 0) is 6.54 Å². The van der Waals surface area contributed by atoms with Crippen molar-refractivity contribution >= 4 is 24.8 Å². The van der Waals surface area contributed by atoms with Crippen molar-refractivity contribution in [2.75, 3.05) is 13.1 Å². The second-order valence-electron chi connectivity index (χ2n) is 3.88. The van der Waals surface area contributed by atoms with Crippen molar-refractivity contribution in [2.24, 2.45) is 5.73 Å². The van der Waals surface area contributed by atoms with Crippen molar-refractivity contribution in [1.29, 1.82) is 0 Å². The van der Waals surface area contributed by atoms with Gasteiger partial charge in [-0.15, -0.1) is 24.8 Å². The Kier molecular flexibility index (Phi) is 6.92. The van der Waals surface area contributed by atoms with Gasteiger partial charge in [0.05, 0.1) is 6.54 Å². The van der Waals surface area contributed by atoms with Crippen molar-refractivity contribution in [1.82, 2.24) is 15.0 Å². The van der Waals surface area contributed by atoms with E-state index in [9.17, 15) is 4.39 Å². The molecule has 2 N–H and O–H groups in total. The largest absolute Gasteiger partial charge is 0.340 e. The molecule has 0 aromatic carbocycles. The number of hydrogen-bond donors (Lipinski definition) is 1. The lowest BCUT2D eigenvalue weighted by Crippen LogP contribution is -2.35. The number of alkyl halides is 1. The molecular formula is C9H17Cl2FN4O. The molecule has 1 aliphatic rings. The fourth-order valence-corrected chi connectivity index (χ4v) is 1.95. The lowest BCUT2D eigenvalue weighted by Gasteiger charge is -2.20. The molecular weight excluding hydrogens is 270 g/mol. The summed E-state index contributed by atoms with van der Waals surface area (Å²) < 4.78 is 18.0. The van der Waals surface area contributed by atoms with E-state index in [4.69, 9.17) is 10.3 Å². The molecule has 8 heteroatoms. The molecule has 0 spiro atoms. The van der Waals surface area contributed by atoms with Crippen LogP contribution in [0.2, 0.25) is 0 Å². The van der Waals surface area contributed by atoms with Crippen molar-refractivity contribution in [3.8, 4) is 0 Å². The molecule has 0 saturated carbocycles. The van der Waals surface area contributed by atoms with Gasteiger partial charge in [-0.2, -0.15) is 4.98 Å². The quantitative estimate of drug-likeness (QED) is 0.901. The Bertz CT molecular complexity index is 339. The summed E-state index contributed by atoms with van der Waals surface area (Å²) in [6, 6.07) is 0.0961. The first-order valence-corrected chi connectivity index (χ1v) is 5.06. The van der Waals surface area contributed by atoms with Crippen LogP contribution < -0.4 is 5.73 Å². The maximum atomic E-state index is 13.2. The van der Waals surface area contributed by atoms with Gasteiger partial charge < -0.3 is 10.3 Å². The monoisotopic (exact) mass is 286 g/mol. The Balaban J connectivity index is 0.00000128. The maximum absolute atomic E-state index is 13.2. The van der Waals surface area contributed by atoms with Gasteiger partial charge in [0.1, 0.15) is 6.17 Å². The van der Waals surface area contributed by atoms with Crippen LogP contribution in [0.4, 0.5) is 4.39 Å². The smallest absolute Gasteiger partial charge is 0.223 e. The van der Waals surface area contributed by atoms with Crippen LogP contribution in [0.1, 0.15) is 18.1 Å². The molecule has 1 saturated heterocycles. The first-order valence-electron chi connectivity index (χ1n) is 5.06. The van der Waals surface area contributed by atoms with E-state index < -0.39 is 6.17 Å². The second kappa shape index (κ2) is 7.10. The molecule has 2 atom stereocenters. The van der Waals surface area contributed by atoms with E-state index in [1.165, 1.54) is 0 Å². The summed E-state index contributed by atoms with van der Waals surface area (Å²) in [6.07, 6.45) is -0.278. The predicted octanol–water partition coefficient (Wildman–Crippen LogP) is 1.09. The summed E-state index contributed by atoms with van der Waals surface area (Å²) >= 11 is 0. The lowest BCUT2D eigenvalue weighted by atomic mass is 10.2. The average Bonchev–Trinajstić information content (AvgIpc) is 2.73. The number of aryl methyl sites for hydroxylation is 1. The number of nitrogens with zero attached hydrogens (tertiary/aromatic N) is 3. The Morgan fingerprint density at radius 1 is 1.53 bits per heavy atom. The molecule has 2 rings (SSSR count). The van der Waals surface area contributed by atoms with Crippen LogP contribution in [-0.4, -0.2) is 40.3 Å². The molecule has 0 bridgehead atoms. The Hall–Kier alpha value is -0.430. The average molecular weight is 287 g/mol. The van der Waals surface area contributed by atoms with Crippen molar-refractivity contribution in [3.05, 3.63) is 11.7 Å². The summed E-state index contributed by atoms with van der Waals surface area (Å²) in [5.74, 6) is 1.13. The van der Waals surface area contributed by atoms with E-state index in [2.05, 4.69) is 10.1 Å². The number of aromatic nitrogens is 2. The van der Waals surface area contributed by atoms with E-state index >= 15 is 0 Å². The van der Waals surface area contributed by atoms with Gasteiger partial charge in [-0.25, -0.2) is 4.39 Å². The molecule has 2 heterocycles. The van der Waals surface area contributed by atoms with Gasteiger partial charge in [0, 0.05) is 26.1 Å². The third-order valence-electron chi connectivity index (χ3n) is 2.66. The predicted molar refractivity (Wildman–Crippen MR) is 66.3 cm³/mol. The van der Waals surface area contributed by atoms with Crippen LogP contribution in [0.3, 0.4) is 0 Å². The van der Waals surface area contributed by atoms with Gasteiger partial charge in [-0.05, 0) is 6.42 Å². The summed E-state index contributed by atoms with van der Waals surface area (Å²) in [5, 5.41) is 3.78. The molecule has 1 aliphatic heterocycles. The summed E-state index contributed by atoms with van der Waals surface area (Å²) in [5.41, 5.74) is 5.57. The zero-order valence-corrected chi connectivity index (χ0v) is 11.1. The van der Waals surface area contributed by atoms with Crippen molar-refractivity contribution in [3.63, 3.8) is 0 Å². The zero-order valence-electron chi connectivity index (χ0n) is 9.50. The third kappa shape index (κ3) is 4.06. The van der Waals surface area contributed by atoms with Crippen LogP contribution >= 0.6 is 24.8 Å². The highest BCUT2D eigenvalue weighted by Crippen LogP contribution is 2.21. The zero-order chi connectivity index (χ0) is 10.8. The number of halogens is 3. The van der Waals surface area contributed by atoms with Crippen molar-refractivity contribution in [2.45, 2.75) is 32.1 Å².